The molecule has 0 spiro atoms. The highest BCUT2D eigenvalue weighted by atomic mass is 127. The van der Waals surface area contributed by atoms with Gasteiger partial charge in [-0.2, -0.15) is 0 Å². The zero-order chi connectivity index (χ0) is 13.4. The van der Waals surface area contributed by atoms with Gasteiger partial charge >= 0.3 is 0 Å². The van der Waals surface area contributed by atoms with Crippen LogP contribution in [-0.4, -0.2) is 23.9 Å². The molecule has 0 aliphatic carbocycles. The molecule has 4 N–H and O–H groups in total. The number of rotatable bonds is 3. The van der Waals surface area contributed by atoms with E-state index in [-0.39, 0.29) is 16.3 Å². The van der Waals surface area contributed by atoms with Crippen molar-refractivity contribution in [1.29, 1.82) is 0 Å². The molecule has 0 saturated carbocycles. The average molecular weight is 377 g/mol. The van der Waals surface area contributed by atoms with E-state index in [1.807, 2.05) is 22.6 Å². The van der Waals surface area contributed by atoms with E-state index in [4.69, 9.17) is 16.2 Å². The van der Waals surface area contributed by atoms with E-state index in [0.29, 0.717) is 5.52 Å². The van der Waals surface area contributed by atoms with Crippen molar-refractivity contribution in [3.8, 4) is 5.75 Å². The summed E-state index contributed by atoms with van der Waals surface area (Å²) in [6.07, 6.45) is 0. The molecule has 1 heterocycles. The van der Waals surface area contributed by atoms with Crippen LogP contribution >= 0.6 is 33.9 Å². The van der Waals surface area contributed by atoms with Crippen molar-refractivity contribution in [1.82, 2.24) is 4.98 Å². The molecule has 0 aliphatic heterocycles. The predicted molar refractivity (Wildman–Crippen MR) is 75.9 cm³/mol. The van der Waals surface area contributed by atoms with Crippen LogP contribution in [0.25, 0.3) is 10.2 Å². The quantitative estimate of drug-likeness (QED) is 0.781. The Hall–Kier alpha value is -1.42. The smallest absolute Gasteiger partial charge is 0.277 e. The minimum atomic E-state index is -0.616. The lowest BCUT2D eigenvalue weighted by atomic mass is 10.1. The van der Waals surface area contributed by atoms with Gasteiger partial charge in [0.1, 0.15) is 5.52 Å². The Labute approximate surface area is 119 Å². The van der Waals surface area contributed by atoms with Crippen molar-refractivity contribution in [2.24, 2.45) is 11.5 Å². The lowest BCUT2D eigenvalue weighted by Gasteiger charge is -2.07. The van der Waals surface area contributed by atoms with Crippen LogP contribution in [0.2, 0.25) is 0 Å². The Morgan fingerprint density at radius 2 is 2.06 bits per heavy atom. The summed E-state index contributed by atoms with van der Waals surface area (Å²) in [5.74, 6) is -0.961. The Morgan fingerprint density at radius 1 is 1.39 bits per heavy atom. The second-order valence-corrected chi connectivity index (χ2v) is 5.53. The number of carbonyl (C=O) groups excluding carboxylic acids is 2. The maximum absolute atomic E-state index is 11.3. The maximum atomic E-state index is 11.3. The van der Waals surface area contributed by atoms with Gasteiger partial charge in [0, 0.05) is 3.57 Å². The standard InChI is InChI=1S/C10H8IN3O3S/c1-17-6-3(8(12)15)2-4(11)7-5(6)14-10(18-7)9(13)16/h2H,1H3,(H2,12,15)(H2,13,16). The van der Waals surface area contributed by atoms with E-state index in [1.54, 1.807) is 6.07 Å². The normalized spacial score (nSPS) is 10.6. The van der Waals surface area contributed by atoms with Crippen molar-refractivity contribution in [2.75, 3.05) is 7.11 Å². The monoisotopic (exact) mass is 377 g/mol. The van der Waals surface area contributed by atoms with Gasteiger partial charge in [0.2, 0.25) is 0 Å². The second kappa shape index (κ2) is 4.69. The summed E-state index contributed by atoms with van der Waals surface area (Å²) in [4.78, 5) is 26.6. The fraction of sp³-hybridized carbons (Fsp3) is 0.100. The van der Waals surface area contributed by atoms with Gasteiger partial charge in [-0.05, 0) is 28.7 Å². The number of carbonyl (C=O) groups is 2. The SMILES string of the molecule is COc1c(C(N)=O)cc(I)c2sc(C(N)=O)nc12. The molecule has 0 fully saturated rings. The molecular formula is C10H8IN3O3S. The first-order valence-corrected chi connectivity index (χ1v) is 6.62. The topological polar surface area (TPSA) is 108 Å². The Morgan fingerprint density at radius 3 is 2.56 bits per heavy atom. The summed E-state index contributed by atoms with van der Waals surface area (Å²) in [5.41, 5.74) is 11.1. The van der Waals surface area contributed by atoms with Crippen LogP contribution in [-0.2, 0) is 0 Å². The van der Waals surface area contributed by atoms with Crippen LogP contribution in [0.5, 0.6) is 5.75 Å². The maximum Gasteiger partial charge on any atom is 0.277 e. The summed E-state index contributed by atoms with van der Waals surface area (Å²) in [7, 11) is 1.41. The van der Waals surface area contributed by atoms with E-state index in [1.165, 1.54) is 7.11 Å². The summed E-state index contributed by atoms with van der Waals surface area (Å²) < 4.78 is 6.66. The highest BCUT2D eigenvalue weighted by molar-refractivity contribution is 14.1. The number of thiazole rings is 1. The number of methoxy groups -OCH3 is 1. The molecule has 2 aromatic rings. The van der Waals surface area contributed by atoms with Gasteiger partial charge in [0.05, 0.1) is 17.4 Å². The van der Waals surface area contributed by atoms with Crippen molar-refractivity contribution in [3.05, 3.63) is 20.2 Å². The Balaban J connectivity index is 2.86. The van der Waals surface area contributed by atoms with E-state index in [2.05, 4.69) is 4.98 Å². The molecule has 2 amide bonds. The summed E-state index contributed by atoms with van der Waals surface area (Å²) in [6, 6.07) is 1.60. The zero-order valence-electron chi connectivity index (χ0n) is 9.19. The minimum absolute atomic E-state index is 0.169. The van der Waals surface area contributed by atoms with E-state index in [0.717, 1.165) is 19.6 Å². The molecule has 18 heavy (non-hydrogen) atoms. The van der Waals surface area contributed by atoms with Crippen LogP contribution < -0.4 is 16.2 Å². The first-order chi connectivity index (χ1) is 8.45. The van der Waals surface area contributed by atoms with Crippen LogP contribution in [0.4, 0.5) is 0 Å². The van der Waals surface area contributed by atoms with Gasteiger partial charge < -0.3 is 16.2 Å². The fourth-order valence-corrected chi connectivity index (χ4v) is 3.24. The van der Waals surface area contributed by atoms with Gasteiger partial charge in [-0.15, -0.1) is 11.3 Å². The second-order valence-electron chi connectivity index (χ2n) is 3.36. The van der Waals surface area contributed by atoms with Crippen LogP contribution in [0.1, 0.15) is 20.2 Å². The molecule has 94 valence electrons. The van der Waals surface area contributed by atoms with E-state index in [9.17, 15) is 9.59 Å². The van der Waals surface area contributed by atoms with Gasteiger partial charge in [-0.3, -0.25) is 9.59 Å². The molecule has 0 saturated heterocycles. The van der Waals surface area contributed by atoms with Crippen molar-refractivity contribution < 1.29 is 14.3 Å². The predicted octanol–water partition coefficient (Wildman–Crippen LogP) is 1.11. The third kappa shape index (κ3) is 2.01. The Kier molecular flexibility index (Phi) is 3.39. The van der Waals surface area contributed by atoms with Crippen LogP contribution in [0.3, 0.4) is 0 Å². The van der Waals surface area contributed by atoms with Gasteiger partial charge in [-0.1, -0.05) is 0 Å². The number of halogens is 1. The number of ether oxygens (including phenoxy) is 1. The third-order valence-electron chi connectivity index (χ3n) is 2.26. The molecular weight excluding hydrogens is 369 g/mol. The molecule has 1 aromatic carbocycles. The number of aromatic nitrogens is 1. The number of hydrogen-bond donors (Lipinski definition) is 2. The number of hydrogen-bond acceptors (Lipinski definition) is 5. The molecule has 2 rings (SSSR count). The van der Waals surface area contributed by atoms with Crippen LogP contribution in [0.15, 0.2) is 6.07 Å². The highest BCUT2D eigenvalue weighted by Gasteiger charge is 2.20. The third-order valence-corrected chi connectivity index (χ3v) is 4.58. The molecule has 8 heteroatoms. The van der Waals surface area contributed by atoms with E-state index < -0.39 is 11.8 Å². The number of benzene rings is 1. The largest absolute Gasteiger partial charge is 0.494 e. The van der Waals surface area contributed by atoms with Gasteiger partial charge in [-0.25, -0.2) is 4.98 Å². The number of fused-ring (bicyclic) bond motifs is 1. The van der Waals surface area contributed by atoms with Gasteiger partial charge in [0.25, 0.3) is 11.8 Å². The van der Waals surface area contributed by atoms with Gasteiger partial charge in [0.15, 0.2) is 10.8 Å². The highest BCUT2D eigenvalue weighted by Crippen LogP contribution is 2.36. The average Bonchev–Trinajstić information content (AvgIpc) is 2.74. The zero-order valence-corrected chi connectivity index (χ0v) is 12.2. The lowest BCUT2D eigenvalue weighted by molar-refractivity contribution is 0.0991. The molecule has 0 unspecified atom stereocenters. The number of primary amides is 2. The fourth-order valence-electron chi connectivity index (χ4n) is 1.52. The number of amides is 2. The summed E-state index contributed by atoms with van der Waals surface area (Å²) in [6.45, 7) is 0. The lowest BCUT2D eigenvalue weighted by Crippen LogP contribution is -2.13. The summed E-state index contributed by atoms with van der Waals surface area (Å²) in [5, 5.41) is 0.169. The van der Waals surface area contributed by atoms with Crippen LogP contribution in [0, 0.1) is 3.57 Å². The molecule has 1 aromatic heterocycles. The Bertz CT molecular complexity index is 668. The molecule has 0 radical (unpaired) electrons. The number of nitrogens with two attached hydrogens (primary N) is 2. The molecule has 0 atom stereocenters. The van der Waals surface area contributed by atoms with Crippen molar-refractivity contribution in [3.63, 3.8) is 0 Å². The first-order valence-electron chi connectivity index (χ1n) is 4.72. The van der Waals surface area contributed by atoms with Crippen molar-refractivity contribution >= 4 is 56.0 Å². The number of nitrogens with zero attached hydrogens (tertiary/aromatic N) is 1. The van der Waals surface area contributed by atoms with E-state index >= 15 is 0 Å². The molecule has 6 nitrogen and oxygen atoms in total. The summed E-state index contributed by atoms with van der Waals surface area (Å²) >= 11 is 3.20. The molecule has 0 bridgehead atoms. The first kappa shape index (κ1) is 13.0. The molecule has 0 aliphatic rings. The van der Waals surface area contributed by atoms with Crippen molar-refractivity contribution in [2.45, 2.75) is 0 Å². The minimum Gasteiger partial charge on any atom is -0.494 e.